The second-order valence-corrected chi connectivity index (χ2v) is 5.38. The second-order valence-electron chi connectivity index (χ2n) is 5.38. The standard InChI is InChI=1S/C15H15N7O/c1-2-3-13-19-20-14-15(23)18-10-6-9(16)11(7-12(10)22(13)14)21-5-4-17-8-21/h4-8H,2-3,16H2,1H3,(H,18,23). The second kappa shape index (κ2) is 4.94. The molecule has 4 aromatic rings. The molecular weight excluding hydrogens is 294 g/mol. The molecule has 0 spiro atoms. The maximum atomic E-state index is 12.2. The fourth-order valence-electron chi connectivity index (χ4n) is 2.78. The van der Waals surface area contributed by atoms with Crippen molar-refractivity contribution in [3.8, 4) is 5.69 Å². The highest BCUT2D eigenvalue weighted by Crippen LogP contribution is 2.24. The van der Waals surface area contributed by atoms with Crippen molar-refractivity contribution in [1.29, 1.82) is 0 Å². The van der Waals surface area contributed by atoms with Gasteiger partial charge in [-0.1, -0.05) is 6.92 Å². The molecule has 3 heterocycles. The van der Waals surface area contributed by atoms with Crippen LogP contribution in [-0.2, 0) is 6.42 Å². The molecule has 0 saturated heterocycles. The van der Waals surface area contributed by atoms with Crippen LogP contribution in [0.1, 0.15) is 19.2 Å². The number of aromatic amines is 1. The molecule has 0 fully saturated rings. The third-order valence-corrected chi connectivity index (χ3v) is 3.82. The zero-order valence-electron chi connectivity index (χ0n) is 12.5. The Morgan fingerprint density at radius 3 is 2.91 bits per heavy atom. The number of hydrogen-bond acceptors (Lipinski definition) is 5. The van der Waals surface area contributed by atoms with Crippen LogP contribution in [0.25, 0.3) is 22.4 Å². The molecule has 0 bridgehead atoms. The summed E-state index contributed by atoms with van der Waals surface area (Å²) in [6, 6.07) is 3.67. The average molecular weight is 309 g/mol. The maximum absolute atomic E-state index is 12.2. The lowest BCUT2D eigenvalue weighted by Crippen LogP contribution is -2.13. The Bertz CT molecular complexity index is 1060. The van der Waals surface area contributed by atoms with Crippen LogP contribution in [0.15, 0.2) is 35.6 Å². The Balaban J connectivity index is 2.13. The number of aryl methyl sites for hydroxylation is 1. The molecule has 1 aromatic carbocycles. The number of rotatable bonds is 3. The normalized spacial score (nSPS) is 11.5. The van der Waals surface area contributed by atoms with E-state index in [2.05, 4.69) is 27.1 Å². The molecule has 3 N–H and O–H groups in total. The van der Waals surface area contributed by atoms with E-state index in [4.69, 9.17) is 5.73 Å². The third-order valence-electron chi connectivity index (χ3n) is 3.82. The molecule has 4 rings (SSSR count). The summed E-state index contributed by atoms with van der Waals surface area (Å²) in [6.45, 7) is 2.06. The summed E-state index contributed by atoms with van der Waals surface area (Å²) in [7, 11) is 0. The van der Waals surface area contributed by atoms with Crippen molar-refractivity contribution < 1.29 is 0 Å². The molecule has 23 heavy (non-hydrogen) atoms. The number of fused-ring (bicyclic) bond motifs is 3. The first kappa shape index (κ1) is 13.5. The number of imidazole rings is 1. The highest BCUT2D eigenvalue weighted by molar-refractivity contribution is 5.85. The Morgan fingerprint density at radius 1 is 1.30 bits per heavy atom. The van der Waals surface area contributed by atoms with Crippen LogP contribution in [0, 0.1) is 0 Å². The predicted octanol–water partition coefficient (Wildman–Crippen LogP) is 1.29. The summed E-state index contributed by atoms with van der Waals surface area (Å²) in [5, 5.41) is 8.17. The van der Waals surface area contributed by atoms with E-state index in [1.807, 2.05) is 16.8 Å². The first-order chi connectivity index (χ1) is 11.2. The van der Waals surface area contributed by atoms with Crippen LogP contribution in [0.3, 0.4) is 0 Å². The predicted molar refractivity (Wildman–Crippen MR) is 86.6 cm³/mol. The van der Waals surface area contributed by atoms with Crippen LogP contribution in [0.5, 0.6) is 0 Å². The van der Waals surface area contributed by atoms with Gasteiger partial charge in [-0.2, -0.15) is 0 Å². The van der Waals surface area contributed by atoms with Crippen LogP contribution < -0.4 is 11.3 Å². The van der Waals surface area contributed by atoms with E-state index in [1.54, 1.807) is 23.0 Å². The first-order valence-electron chi connectivity index (χ1n) is 7.37. The number of nitrogens with zero attached hydrogens (tertiary/aromatic N) is 5. The number of nitrogens with one attached hydrogen (secondary N) is 1. The maximum Gasteiger partial charge on any atom is 0.294 e. The zero-order valence-corrected chi connectivity index (χ0v) is 12.5. The topological polar surface area (TPSA) is 107 Å². The van der Waals surface area contributed by atoms with Gasteiger partial charge in [0.15, 0.2) is 0 Å². The minimum absolute atomic E-state index is 0.276. The Morgan fingerprint density at radius 2 is 2.17 bits per heavy atom. The number of aromatic nitrogens is 6. The van der Waals surface area contributed by atoms with Crippen molar-refractivity contribution >= 4 is 22.4 Å². The molecule has 0 saturated carbocycles. The highest BCUT2D eigenvalue weighted by Gasteiger charge is 2.14. The number of anilines is 1. The quantitative estimate of drug-likeness (QED) is 0.555. The fourth-order valence-corrected chi connectivity index (χ4v) is 2.78. The van der Waals surface area contributed by atoms with Gasteiger partial charge in [0.05, 0.1) is 28.7 Å². The van der Waals surface area contributed by atoms with Crippen molar-refractivity contribution in [2.75, 3.05) is 5.73 Å². The Labute approximate surface area is 130 Å². The lowest BCUT2D eigenvalue weighted by atomic mass is 10.2. The molecule has 8 heteroatoms. The monoisotopic (exact) mass is 309 g/mol. The molecule has 3 aromatic heterocycles. The summed E-state index contributed by atoms with van der Waals surface area (Å²) in [5.41, 5.74) is 8.96. The largest absolute Gasteiger partial charge is 0.397 e. The molecular formula is C15H15N7O. The third kappa shape index (κ3) is 1.99. The van der Waals surface area contributed by atoms with Crippen molar-refractivity contribution in [2.24, 2.45) is 0 Å². The van der Waals surface area contributed by atoms with Crippen molar-refractivity contribution in [2.45, 2.75) is 19.8 Å². The van der Waals surface area contributed by atoms with Gasteiger partial charge in [0.2, 0.25) is 5.65 Å². The summed E-state index contributed by atoms with van der Waals surface area (Å²) < 4.78 is 3.63. The summed E-state index contributed by atoms with van der Waals surface area (Å²) in [5.74, 6) is 0.764. The van der Waals surface area contributed by atoms with Gasteiger partial charge in [-0.15, -0.1) is 10.2 Å². The van der Waals surface area contributed by atoms with Crippen LogP contribution in [0.4, 0.5) is 5.69 Å². The molecule has 8 nitrogen and oxygen atoms in total. The minimum atomic E-state index is -0.276. The summed E-state index contributed by atoms with van der Waals surface area (Å²) in [6.07, 6.45) is 6.84. The van der Waals surface area contributed by atoms with Gasteiger partial charge in [0.1, 0.15) is 5.82 Å². The van der Waals surface area contributed by atoms with Crippen LogP contribution in [-0.4, -0.2) is 29.1 Å². The van der Waals surface area contributed by atoms with E-state index in [0.29, 0.717) is 16.9 Å². The van der Waals surface area contributed by atoms with E-state index in [-0.39, 0.29) is 5.56 Å². The molecule has 116 valence electrons. The number of nitrogens with two attached hydrogens (primary N) is 1. The molecule has 0 aliphatic rings. The van der Waals surface area contributed by atoms with Gasteiger partial charge in [0.25, 0.3) is 5.56 Å². The smallest absolute Gasteiger partial charge is 0.294 e. The van der Waals surface area contributed by atoms with Gasteiger partial charge in [-0.3, -0.25) is 9.20 Å². The first-order valence-corrected chi connectivity index (χ1v) is 7.37. The molecule has 0 atom stereocenters. The number of hydrogen-bond donors (Lipinski definition) is 2. The van der Waals surface area contributed by atoms with E-state index < -0.39 is 0 Å². The van der Waals surface area contributed by atoms with Crippen molar-refractivity contribution in [3.05, 3.63) is 47.0 Å². The Kier molecular flexibility index (Phi) is 2.90. The van der Waals surface area contributed by atoms with Crippen molar-refractivity contribution in [1.82, 2.24) is 29.1 Å². The van der Waals surface area contributed by atoms with Crippen LogP contribution >= 0.6 is 0 Å². The molecule has 0 radical (unpaired) electrons. The fraction of sp³-hybridized carbons (Fsp3) is 0.200. The van der Waals surface area contributed by atoms with E-state index in [1.165, 1.54) is 0 Å². The van der Waals surface area contributed by atoms with E-state index in [0.717, 1.165) is 29.9 Å². The highest BCUT2D eigenvalue weighted by atomic mass is 16.1. The van der Waals surface area contributed by atoms with E-state index >= 15 is 0 Å². The Hall–Kier alpha value is -3.16. The lowest BCUT2D eigenvalue weighted by Gasteiger charge is -2.10. The van der Waals surface area contributed by atoms with Gasteiger partial charge >= 0.3 is 0 Å². The van der Waals surface area contributed by atoms with E-state index in [9.17, 15) is 4.79 Å². The minimum Gasteiger partial charge on any atom is -0.397 e. The lowest BCUT2D eigenvalue weighted by molar-refractivity contribution is 0.825. The summed E-state index contributed by atoms with van der Waals surface area (Å²) >= 11 is 0. The van der Waals surface area contributed by atoms with Crippen LogP contribution in [0.2, 0.25) is 0 Å². The number of H-pyrrole nitrogens is 1. The number of nitrogen functional groups attached to an aromatic ring is 1. The zero-order chi connectivity index (χ0) is 16.0. The molecule has 0 amide bonds. The summed E-state index contributed by atoms with van der Waals surface area (Å²) in [4.78, 5) is 19.1. The van der Waals surface area contributed by atoms with Gasteiger partial charge in [-0.05, 0) is 18.6 Å². The van der Waals surface area contributed by atoms with Gasteiger partial charge in [0, 0.05) is 18.8 Å². The van der Waals surface area contributed by atoms with Gasteiger partial charge in [-0.25, -0.2) is 4.98 Å². The van der Waals surface area contributed by atoms with Crippen molar-refractivity contribution in [3.63, 3.8) is 0 Å². The number of benzene rings is 1. The van der Waals surface area contributed by atoms with Gasteiger partial charge < -0.3 is 15.3 Å². The molecule has 0 aliphatic carbocycles. The molecule has 0 unspecified atom stereocenters. The average Bonchev–Trinajstić information content (AvgIpc) is 3.17. The molecule has 0 aliphatic heterocycles. The SMILES string of the molecule is CCCc1nnc2c(=O)[nH]c3cc(N)c(-n4ccnc4)cc3n12.